The van der Waals surface area contributed by atoms with Crippen LogP contribution in [0.25, 0.3) is 5.57 Å². The van der Waals surface area contributed by atoms with Crippen LogP contribution in [0.4, 0.5) is 4.39 Å². The van der Waals surface area contributed by atoms with E-state index in [0.717, 1.165) is 24.8 Å². The second-order valence-electron chi connectivity index (χ2n) is 15.9. The van der Waals surface area contributed by atoms with Crippen LogP contribution >= 0.6 is 0 Å². The van der Waals surface area contributed by atoms with Crippen LogP contribution in [0, 0.1) is 62.5 Å². The van der Waals surface area contributed by atoms with E-state index in [2.05, 4.69) is 54.2 Å². The Labute approximate surface area is 236 Å². The molecular formula is C36H51FO2. The van der Waals surface area contributed by atoms with Gasteiger partial charge in [0.25, 0.3) is 0 Å². The van der Waals surface area contributed by atoms with Gasteiger partial charge in [0, 0.05) is 6.61 Å². The summed E-state index contributed by atoms with van der Waals surface area (Å²) in [4.78, 5) is 0. The molecule has 5 aliphatic rings. The van der Waals surface area contributed by atoms with Crippen molar-refractivity contribution in [3.05, 3.63) is 47.8 Å². The minimum absolute atomic E-state index is 0.0649. The molecular weight excluding hydrogens is 483 g/mol. The topological polar surface area (TPSA) is 40.5 Å². The molecule has 0 spiro atoms. The molecule has 0 saturated heterocycles. The van der Waals surface area contributed by atoms with Crippen LogP contribution in [0.15, 0.2) is 36.4 Å². The second kappa shape index (κ2) is 8.70. The van der Waals surface area contributed by atoms with Crippen molar-refractivity contribution < 1.29 is 14.6 Å². The summed E-state index contributed by atoms with van der Waals surface area (Å²) < 4.78 is 14.4. The molecule has 1 aromatic rings. The first-order valence-electron chi connectivity index (χ1n) is 15.7. The third-order valence-corrected chi connectivity index (χ3v) is 14.4. The number of benzene rings is 1. The molecule has 0 aliphatic heterocycles. The molecule has 9 atom stereocenters. The summed E-state index contributed by atoms with van der Waals surface area (Å²) in [6.07, 6.45) is 13.2. The van der Waals surface area contributed by atoms with Crippen molar-refractivity contribution >= 4 is 5.57 Å². The molecule has 0 bridgehead atoms. The smallest absolute Gasteiger partial charge is 0.165 e. The molecule has 1 aromatic carbocycles. The lowest BCUT2D eigenvalue weighted by Crippen LogP contribution is -2.65. The Bertz CT molecular complexity index is 1210. The highest BCUT2D eigenvalue weighted by molar-refractivity contribution is 5.72. The number of halogens is 1. The van der Waals surface area contributed by atoms with E-state index in [1.165, 1.54) is 61.8 Å². The van der Waals surface area contributed by atoms with E-state index >= 15 is 0 Å². The Morgan fingerprint density at radius 3 is 2.36 bits per heavy atom. The monoisotopic (exact) mass is 534 g/mol. The van der Waals surface area contributed by atoms with Gasteiger partial charge < -0.3 is 10.2 Å². The van der Waals surface area contributed by atoms with E-state index in [9.17, 15) is 14.6 Å². The fourth-order valence-corrected chi connectivity index (χ4v) is 12.3. The van der Waals surface area contributed by atoms with Crippen molar-refractivity contribution in [2.45, 2.75) is 99.3 Å². The van der Waals surface area contributed by atoms with Crippen molar-refractivity contribution in [1.29, 1.82) is 0 Å². The fraction of sp³-hybridized carbons (Fsp3) is 0.722. The first kappa shape index (κ1) is 27.6. The minimum atomic E-state index is -0.531. The standard InChI is InChI=1S/C36H51FO2/c1-22(2)24-12-17-36(21-38)19-18-34(6)26(31(24)36)9-11-30-33(5)15-13-25(23-8-10-28(39)27(37)20-23)32(3,4)29(33)14-16-35(30,34)7/h8,10,13,20,24,26,29-31,38-39H,1,9,11-12,14-19,21H2,2-7H3/t24-,26+,29-,30+,31+,33-,34+,35+,36+/m0/s1. The van der Waals surface area contributed by atoms with Crippen LogP contribution in [0.5, 0.6) is 5.75 Å². The fourth-order valence-electron chi connectivity index (χ4n) is 12.3. The van der Waals surface area contributed by atoms with E-state index in [-0.39, 0.29) is 32.8 Å². The minimum Gasteiger partial charge on any atom is -0.505 e. The average Bonchev–Trinajstić information content (AvgIpc) is 3.26. The Kier molecular flexibility index (Phi) is 6.14. The number of fused-ring (bicyclic) bond motifs is 7. The maximum Gasteiger partial charge on any atom is 0.165 e. The van der Waals surface area contributed by atoms with Crippen LogP contribution in [0.1, 0.15) is 105 Å². The molecule has 0 unspecified atom stereocenters. The normalized spacial score (nSPS) is 46.4. The SMILES string of the molecule is C=C(C)[C@@H]1CC[C@]2(CO)CC[C@]3(C)[C@H](CC[C@@H]4[C@@]5(C)CC=C(c6ccc(O)c(F)c6)C(C)(C)[C@@H]5CC[C@]43C)[C@@H]12. The van der Waals surface area contributed by atoms with Crippen LogP contribution in [-0.4, -0.2) is 16.8 Å². The van der Waals surface area contributed by atoms with Gasteiger partial charge in [-0.15, -0.1) is 0 Å². The van der Waals surface area contributed by atoms with Gasteiger partial charge in [-0.05, 0) is 145 Å². The molecule has 0 radical (unpaired) electrons. The van der Waals surface area contributed by atoms with Crippen LogP contribution < -0.4 is 0 Å². The quantitative estimate of drug-likeness (QED) is 0.380. The number of hydrogen-bond donors (Lipinski definition) is 2. The number of phenols is 1. The van der Waals surface area contributed by atoms with Crippen molar-refractivity contribution in [2.24, 2.45) is 56.7 Å². The lowest BCUT2D eigenvalue weighted by Gasteiger charge is -2.72. The van der Waals surface area contributed by atoms with Crippen molar-refractivity contribution in [3.8, 4) is 5.75 Å². The summed E-state index contributed by atoms with van der Waals surface area (Å²) in [5.74, 6) is 2.17. The summed E-state index contributed by atoms with van der Waals surface area (Å²) in [7, 11) is 0. The molecule has 6 rings (SSSR count). The first-order chi connectivity index (χ1) is 18.2. The molecule has 4 saturated carbocycles. The van der Waals surface area contributed by atoms with Crippen molar-refractivity contribution in [1.82, 2.24) is 0 Å². The lowest BCUT2D eigenvalue weighted by molar-refractivity contribution is -0.228. The molecule has 3 heteroatoms. The van der Waals surface area contributed by atoms with Gasteiger partial charge >= 0.3 is 0 Å². The Hall–Kier alpha value is -1.61. The van der Waals surface area contributed by atoms with Crippen LogP contribution in [0.3, 0.4) is 0 Å². The van der Waals surface area contributed by atoms with Gasteiger partial charge in [-0.25, -0.2) is 4.39 Å². The molecule has 0 heterocycles. The number of aliphatic hydroxyl groups is 1. The predicted molar refractivity (Wildman–Crippen MR) is 157 cm³/mol. The van der Waals surface area contributed by atoms with Gasteiger partial charge in [0.15, 0.2) is 11.6 Å². The predicted octanol–water partition coefficient (Wildman–Crippen LogP) is 9.17. The van der Waals surface area contributed by atoms with Gasteiger partial charge in [-0.1, -0.05) is 58.9 Å². The number of hydrogen-bond acceptors (Lipinski definition) is 2. The molecule has 214 valence electrons. The van der Waals surface area contributed by atoms with Gasteiger partial charge in [0.1, 0.15) is 0 Å². The van der Waals surface area contributed by atoms with Crippen LogP contribution in [0.2, 0.25) is 0 Å². The summed E-state index contributed by atoms with van der Waals surface area (Å²) >= 11 is 0. The average molecular weight is 535 g/mol. The third-order valence-electron chi connectivity index (χ3n) is 14.4. The van der Waals surface area contributed by atoms with Gasteiger partial charge in [-0.2, -0.15) is 0 Å². The van der Waals surface area contributed by atoms with E-state index in [4.69, 9.17) is 0 Å². The highest BCUT2D eigenvalue weighted by Crippen LogP contribution is 2.77. The Morgan fingerprint density at radius 1 is 0.949 bits per heavy atom. The molecule has 0 aromatic heterocycles. The van der Waals surface area contributed by atoms with Gasteiger partial charge in [-0.3, -0.25) is 0 Å². The first-order valence-corrected chi connectivity index (χ1v) is 15.7. The molecule has 4 fully saturated rings. The lowest BCUT2D eigenvalue weighted by atomic mass is 9.32. The number of phenolic OH excluding ortho intramolecular Hbond substituents is 1. The molecule has 39 heavy (non-hydrogen) atoms. The largest absolute Gasteiger partial charge is 0.505 e. The second-order valence-corrected chi connectivity index (χ2v) is 15.9. The highest BCUT2D eigenvalue weighted by atomic mass is 19.1. The third kappa shape index (κ3) is 3.47. The Balaban J connectivity index is 1.38. The van der Waals surface area contributed by atoms with Crippen molar-refractivity contribution in [2.75, 3.05) is 6.61 Å². The zero-order valence-electron chi connectivity index (χ0n) is 25.2. The molecule has 5 aliphatic carbocycles. The van der Waals surface area contributed by atoms with E-state index in [0.29, 0.717) is 36.2 Å². The number of aliphatic hydroxyl groups excluding tert-OH is 1. The molecule has 2 N–H and O–H groups in total. The van der Waals surface area contributed by atoms with Gasteiger partial charge in [0.2, 0.25) is 0 Å². The summed E-state index contributed by atoms with van der Waals surface area (Å²) in [6, 6.07) is 4.93. The Morgan fingerprint density at radius 2 is 1.69 bits per heavy atom. The van der Waals surface area contributed by atoms with E-state index in [1.807, 2.05) is 6.07 Å². The summed E-state index contributed by atoms with van der Waals surface area (Å²) in [5.41, 5.74) is 4.29. The number of rotatable bonds is 3. The summed E-state index contributed by atoms with van der Waals surface area (Å²) in [6.45, 7) is 19.7. The van der Waals surface area contributed by atoms with Crippen LogP contribution in [-0.2, 0) is 0 Å². The van der Waals surface area contributed by atoms with Crippen molar-refractivity contribution in [3.63, 3.8) is 0 Å². The zero-order valence-corrected chi connectivity index (χ0v) is 25.2. The maximum absolute atomic E-state index is 14.4. The van der Waals surface area contributed by atoms with E-state index in [1.54, 1.807) is 0 Å². The summed E-state index contributed by atoms with van der Waals surface area (Å²) in [5, 5.41) is 20.6. The molecule has 2 nitrogen and oxygen atoms in total. The highest BCUT2D eigenvalue weighted by Gasteiger charge is 2.70. The zero-order chi connectivity index (χ0) is 28.2. The number of allylic oxidation sites excluding steroid dienone is 3. The number of aromatic hydroxyl groups is 1. The van der Waals surface area contributed by atoms with Gasteiger partial charge in [0.05, 0.1) is 0 Å². The maximum atomic E-state index is 14.4. The molecule has 0 amide bonds. The van der Waals surface area contributed by atoms with E-state index < -0.39 is 5.82 Å².